The monoisotopic (exact) mass is 307 g/mol. The van der Waals surface area contributed by atoms with E-state index in [2.05, 4.69) is 21.2 Å². The molecule has 0 atom stereocenters. The Morgan fingerprint density at radius 2 is 2.00 bits per heavy atom. The van der Waals surface area contributed by atoms with Crippen LogP contribution >= 0.6 is 15.9 Å². The highest BCUT2D eigenvalue weighted by atomic mass is 79.9. The number of alkyl halides is 3. The van der Waals surface area contributed by atoms with Crippen LogP contribution in [0, 0.1) is 0 Å². The second kappa shape index (κ2) is 4.98. The van der Waals surface area contributed by atoms with Crippen LogP contribution in [0.2, 0.25) is 0 Å². The van der Waals surface area contributed by atoms with Crippen LogP contribution in [0.15, 0.2) is 22.7 Å². The molecular weight excluding hydrogens is 295 g/mol. The maximum Gasteiger partial charge on any atom is 0.417 e. The van der Waals surface area contributed by atoms with Crippen LogP contribution in [0.5, 0.6) is 0 Å². The minimum atomic E-state index is -4.29. The molecule has 2 rings (SSSR count). The zero-order valence-corrected chi connectivity index (χ0v) is 10.7. The number of hydrogen-bond acceptors (Lipinski definition) is 1. The lowest BCUT2D eigenvalue weighted by Crippen LogP contribution is -2.34. The van der Waals surface area contributed by atoms with Gasteiger partial charge in [-0.2, -0.15) is 13.2 Å². The van der Waals surface area contributed by atoms with Crippen LogP contribution in [0.3, 0.4) is 0 Å². The molecule has 0 bridgehead atoms. The molecule has 0 aliphatic heterocycles. The van der Waals surface area contributed by atoms with E-state index in [4.69, 9.17) is 0 Å². The predicted octanol–water partition coefficient (Wildman–Crippen LogP) is 4.11. The van der Waals surface area contributed by atoms with E-state index in [0.717, 1.165) is 11.6 Å². The first-order valence-electron chi connectivity index (χ1n) is 5.56. The molecule has 0 aromatic heterocycles. The van der Waals surface area contributed by atoms with Gasteiger partial charge in [-0.15, -0.1) is 0 Å². The summed E-state index contributed by atoms with van der Waals surface area (Å²) in [5.41, 5.74) is 0.252. The molecule has 1 aromatic rings. The van der Waals surface area contributed by atoms with Crippen molar-refractivity contribution in [3.05, 3.63) is 33.8 Å². The summed E-state index contributed by atoms with van der Waals surface area (Å²) in [5, 5.41) is 3.32. The predicted molar refractivity (Wildman–Crippen MR) is 63.6 cm³/mol. The summed E-state index contributed by atoms with van der Waals surface area (Å²) in [4.78, 5) is 0. The molecule has 1 fully saturated rings. The third-order valence-corrected chi connectivity index (χ3v) is 3.70. The number of hydrogen-bond donors (Lipinski definition) is 1. The smallest absolute Gasteiger partial charge is 0.310 e. The highest BCUT2D eigenvalue weighted by Crippen LogP contribution is 2.35. The van der Waals surface area contributed by atoms with Crippen molar-refractivity contribution in [3.8, 4) is 0 Å². The van der Waals surface area contributed by atoms with Crippen molar-refractivity contribution in [1.29, 1.82) is 0 Å². The third kappa shape index (κ3) is 3.22. The molecule has 0 amide bonds. The van der Waals surface area contributed by atoms with E-state index >= 15 is 0 Å². The molecule has 94 valence electrons. The minimum Gasteiger partial charge on any atom is -0.310 e. The number of halogens is 4. The average Bonchev–Trinajstić information content (AvgIpc) is 2.13. The highest BCUT2D eigenvalue weighted by Gasteiger charge is 2.32. The maximum absolute atomic E-state index is 12.5. The van der Waals surface area contributed by atoms with Crippen molar-refractivity contribution in [2.45, 2.75) is 38.0 Å². The van der Waals surface area contributed by atoms with Gasteiger partial charge in [0.15, 0.2) is 0 Å². The first-order valence-corrected chi connectivity index (χ1v) is 6.35. The molecule has 0 unspecified atom stereocenters. The zero-order chi connectivity index (χ0) is 12.5. The van der Waals surface area contributed by atoms with E-state index < -0.39 is 11.7 Å². The molecule has 0 spiro atoms. The summed E-state index contributed by atoms with van der Waals surface area (Å²) in [6, 6.07) is 4.73. The Bertz CT molecular complexity index is 399. The van der Waals surface area contributed by atoms with Gasteiger partial charge in [-0.05, 0) is 30.5 Å². The Kier molecular flexibility index (Phi) is 3.78. The van der Waals surface area contributed by atoms with Gasteiger partial charge in [0.25, 0.3) is 0 Å². The summed E-state index contributed by atoms with van der Waals surface area (Å²) < 4.78 is 37.6. The summed E-state index contributed by atoms with van der Waals surface area (Å²) in [6.45, 7) is 0.626. The Labute approximate surface area is 107 Å². The number of rotatable bonds is 3. The van der Waals surface area contributed by atoms with Gasteiger partial charge in [0, 0.05) is 17.1 Å². The van der Waals surface area contributed by atoms with E-state index in [1.807, 2.05) is 0 Å². The molecule has 0 radical (unpaired) electrons. The normalized spacial score (nSPS) is 16.9. The second-order valence-corrected chi connectivity index (χ2v) is 5.18. The molecule has 1 saturated carbocycles. The first-order chi connectivity index (χ1) is 7.97. The SMILES string of the molecule is FC(F)(F)c1ccc(CNC2CCC2)cc1Br. The molecule has 0 heterocycles. The van der Waals surface area contributed by atoms with Crippen LogP contribution in [-0.4, -0.2) is 6.04 Å². The molecule has 1 aromatic carbocycles. The molecule has 1 N–H and O–H groups in total. The molecule has 5 heteroatoms. The quantitative estimate of drug-likeness (QED) is 0.886. The Morgan fingerprint density at radius 3 is 2.47 bits per heavy atom. The summed E-state index contributed by atoms with van der Waals surface area (Å²) in [5.74, 6) is 0. The number of benzene rings is 1. The lowest BCUT2D eigenvalue weighted by atomic mass is 9.93. The van der Waals surface area contributed by atoms with Gasteiger partial charge in [-0.3, -0.25) is 0 Å². The van der Waals surface area contributed by atoms with Crippen molar-refractivity contribution in [1.82, 2.24) is 5.32 Å². The van der Waals surface area contributed by atoms with Crippen LogP contribution < -0.4 is 5.32 Å². The van der Waals surface area contributed by atoms with Gasteiger partial charge in [0.05, 0.1) is 5.56 Å². The molecule has 0 saturated heterocycles. The zero-order valence-electron chi connectivity index (χ0n) is 9.15. The molecule has 1 nitrogen and oxygen atoms in total. The van der Waals surface area contributed by atoms with E-state index in [-0.39, 0.29) is 4.47 Å². The Balaban J connectivity index is 2.02. The summed E-state index contributed by atoms with van der Waals surface area (Å²) >= 11 is 2.97. The van der Waals surface area contributed by atoms with Gasteiger partial charge in [0.1, 0.15) is 0 Å². The second-order valence-electron chi connectivity index (χ2n) is 4.32. The van der Waals surface area contributed by atoms with E-state index in [0.29, 0.717) is 12.6 Å². The maximum atomic E-state index is 12.5. The molecule has 1 aliphatic rings. The van der Waals surface area contributed by atoms with Crippen LogP contribution in [0.4, 0.5) is 13.2 Å². The Hall–Kier alpha value is -0.550. The van der Waals surface area contributed by atoms with Gasteiger partial charge < -0.3 is 5.32 Å². The van der Waals surface area contributed by atoms with Crippen LogP contribution in [0.25, 0.3) is 0 Å². The van der Waals surface area contributed by atoms with Gasteiger partial charge in [-0.25, -0.2) is 0 Å². The largest absolute Gasteiger partial charge is 0.417 e. The van der Waals surface area contributed by atoms with E-state index in [9.17, 15) is 13.2 Å². The fraction of sp³-hybridized carbons (Fsp3) is 0.500. The lowest BCUT2D eigenvalue weighted by molar-refractivity contribution is -0.138. The van der Waals surface area contributed by atoms with Gasteiger partial charge >= 0.3 is 6.18 Å². The highest BCUT2D eigenvalue weighted by molar-refractivity contribution is 9.10. The third-order valence-electron chi connectivity index (χ3n) is 3.04. The average molecular weight is 308 g/mol. The van der Waals surface area contributed by atoms with E-state index in [1.54, 1.807) is 0 Å². The molecule has 1 aliphatic carbocycles. The fourth-order valence-corrected chi connectivity index (χ4v) is 2.42. The van der Waals surface area contributed by atoms with Crippen molar-refractivity contribution in [3.63, 3.8) is 0 Å². The number of nitrogens with one attached hydrogen (secondary N) is 1. The van der Waals surface area contributed by atoms with Crippen molar-refractivity contribution in [2.75, 3.05) is 0 Å². The van der Waals surface area contributed by atoms with Crippen molar-refractivity contribution < 1.29 is 13.2 Å². The molecular formula is C12H13BrF3N. The van der Waals surface area contributed by atoms with Crippen LogP contribution in [0.1, 0.15) is 30.4 Å². The summed E-state index contributed by atoms with van der Waals surface area (Å²) in [6.07, 6.45) is -0.712. The summed E-state index contributed by atoms with van der Waals surface area (Å²) in [7, 11) is 0. The fourth-order valence-electron chi connectivity index (χ4n) is 1.77. The lowest BCUT2D eigenvalue weighted by Gasteiger charge is -2.26. The van der Waals surface area contributed by atoms with Crippen LogP contribution in [-0.2, 0) is 12.7 Å². The van der Waals surface area contributed by atoms with Gasteiger partial charge in [0.2, 0.25) is 0 Å². The van der Waals surface area contributed by atoms with Crippen molar-refractivity contribution >= 4 is 15.9 Å². The first kappa shape index (κ1) is 12.9. The van der Waals surface area contributed by atoms with Gasteiger partial charge in [-0.1, -0.05) is 28.4 Å². The molecule has 17 heavy (non-hydrogen) atoms. The minimum absolute atomic E-state index is 0.109. The topological polar surface area (TPSA) is 12.0 Å². The Morgan fingerprint density at radius 1 is 1.29 bits per heavy atom. The van der Waals surface area contributed by atoms with Crippen molar-refractivity contribution in [2.24, 2.45) is 0 Å². The standard InChI is InChI=1S/C12H13BrF3N/c13-11-6-8(7-17-9-2-1-3-9)4-5-10(11)12(14,15)16/h4-6,9,17H,1-3,7H2. The van der Waals surface area contributed by atoms with E-state index in [1.165, 1.54) is 31.4 Å².